The number of rotatable bonds is 4. The van der Waals surface area contributed by atoms with Crippen molar-refractivity contribution >= 4 is 37.1 Å². The molecule has 0 amide bonds. The van der Waals surface area contributed by atoms with Crippen LogP contribution in [0, 0.1) is 0 Å². The third-order valence-electron chi connectivity index (χ3n) is 5.91. The molecule has 0 fully saturated rings. The van der Waals surface area contributed by atoms with Crippen LogP contribution in [0.1, 0.15) is 25.7 Å². The summed E-state index contributed by atoms with van der Waals surface area (Å²) in [6.07, 6.45) is 14.0. The Morgan fingerprint density at radius 3 is 0.730 bits per heavy atom. The van der Waals surface area contributed by atoms with E-state index in [4.69, 9.17) is 0 Å². The van der Waals surface area contributed by atoms with Crippen molar-refractivity contribution in [2.75, 3.05) is 13.3 Å². The van der Waals surface area contributed by atoms with Gasteiger partial charge in [0.2, 0.25) is 0 Å². The van der Waals surface area contributed by atoms with Crippen LogP contribution in [0.3, 0.4) is 0 Å². The molecule has 0 spiro atoms. The molecule has 0 aliphatic heterocycles. The predicted octanol–water partition coefficient (Wildman–Crippen LogP) is 8.17. The summed E-state index contributed by atoms with van der Waals surface area (Å²) < 4.78 is 0. The summed E-state index contributed by atoms with van der Waals surface area (Å²) in [6.45, 7) is 4.61. The van der Waals surface area contributed by atoms with Crippen molar-refractivity contribution in [2.45, 2.75) is 25.7 Å². The molecule has 0 atom stereocenters. The first-order valence-electron chi connectivity index (χ1n) is 12.7. The molecular weight excluding hydrogens is 663 g/mol. The SMILES string of the molecule is C1=CCC/C=C\CC1.CP(c1ccccc1)c1ccccc1.CP(c1ccccc1)c1ccccc1.[Ir]. The topological polar surface area (TPSA) is 0 Å². The Labute approximate surface area is 240 Å². The summed E-state index contributed by atoms with van der Waals surface area (Å²) in [6, 6.07) is 42.8. The third-order valence-corrected chi connectivity index (χ3v) is 10.2. The zero-order valence-corrected chi connectivity index (χ0v) is 26.1. The second kappa shape index (κ2) is 19.0. The van der Waals surface area contributed by atoms with Crippen LogP contribution in [-0.2, 0) is 20.1 Å². The molecule has 37 heavy (non-hydrogen) atoms. The zero-order chi connectivity index (χ0) is 25.3. The summed E-state index contributed by atoms with van der Waals surface area (Å²) in [4.78, 5) is 0. The molecule has 0 unspecified atom stereocenters. The summed E-state index contributed by atoms with van der Waals surface area (Å²) in [5.74, 6) is 0. The van der Waals surface area contributed by atoms with Crippen LogP contribution in [0.4, 0.5) is 0 Å². The van der Waals surface area contributed by atoms with Crippen molar-refractivity contribution in [3.8, 4) is 0 Å². The number of hydrogen-bond acceptors (Lipinski definition) is 0. The summed E-state index contributed by atoms with van der Waals surface area (Å²) in [7, 11) is -0.342. The first-order valence-corrected chi connectivity index (χ1v) is 16.3. The van der Waals surface area contributed by atoms with E-state index in [0.717, 1.165) is 0 Å². The maximum Gasteiger partial charge on any atom is 0 e. The Balaban J connectivity index is 0.000000200. The molecule has 1 aliphatic rings. The molecule has 0 saturated carbocycles. The summed E-state index contributed by atoms with van der Waals surface area (Å²) >= 11 is 0. The average Bonchev–Trinajstić information content (AvgIpc) is 2.94. The van der Waals surface area contributed by atoms with E-state index < -0.39 is 0 Å². The maximum absolute atomic E-state index is 2.31. The quantitative estimate of drug-likeness (QED) is 0.149. The molecule has 1 aliphatic carbocycles. The Hall–Kier alpha value is -2.13. The average molecular weight is 701 g/mol. The molecule has 0 heterocycles. The molecule has 193 valence electrons. The number of allylic oxidation sites excluding steroid dienone is 4. The summed E-state index contributed by atoms with van der Waals surface area (Å²) in [5, 5.41) is 5.75. The largest absolute Gasteiger partial charge is 0.0882 e. The van der Waals surface area contributed by atoms with E-state index in [0.29, 0.717) is 0 Å². The van der Waals surface area contributed by atoms with Gasteiger partial charge in [-0.1, -0.05) is 146 Å². The van der Waals surface area contributed by atoms with Crippen LogP contribution in [0.25, 0.3) is 0 Å². The Morgan fingerprint density at radius 2 is 0.541 bits per heavy atom. The predicted molar refractivity (Wildman–Crippen MR) is 167 cm³/mol. The zero-order valence-electron chi connectivity index (χ0n) is 21.9. The van der Waals surface area contributed by atoms with E-state index in [1.54, 1.807) is 0 Å². The molecule has 0 saturated heterocycles. The van der Waals surface area contributed by atoms with Gasteiger partial charge < -0.3 is 0 Å². The molecule has 0 bridgehead atoms. The normalized spacial score (nSPS) is 13.1. The fourth-order valence-electron chi connectivity index (χ4n) is 3.76. The number of hydrogen-bond donors (Lipinski definition) is 0. The first-order chi connectivity index (χ1) is 17.8. The van der Waals surface area contributed by atoms with Crippen molar-refractivity contribution in [2.24, 2.45) is 0 Å². The van der Waals surface area contributed by atoms with Crippen LogP contribution in [0.5, 0.6) is 0 Å². The van der Waals surface area contributed by atoms with Crippen molar-refractivity contribution in [3.05, 3.63) is 146 Å². The van der Waals surface area contributed by atoms with Gasteiger partial charge in [-0.05, 0) is 76.1 Å². The van der Waals surface area contributed by atoms with Gasteiger partial charge in [-0.15, -0.1) is 0 Å². The van der Waals surface area contributed by atoms with Gasteiger partial charge >= 0.3 is 0 Å². The van der Waals surface area contributed by atoms with E-state index >= 15 is 0 Å². The summed E-state index contributed by atoms with van der Waals surface area (Å²) in [5.41, 5.74) is 0. The maximum atomic E-state index is 2.31. The Bertz CT molecular complexity index is 958. The number of benzene rings is 4. The van der Waals surface area contributed by atoms with Crippen LogP contribution in [0.2, 0.25) is 0 Å². The minimum absolute atomic E-state index is 0. The Morgan fingerprint density at radius 1 is 0.351 bits per heavy atom. The van der Waals surface area contributed by atoms with Gasteiger partial charge in [0.05, 0.1) is 0 Å². The standard InChI is InChI=1S/2C13H13P.C8H12.Ir/c2*1-14(12-8-4-2-5-9-12)13-10-6-3-7-11-13;1-2-4-6-8-7-5-3-1;/h2*2-11H,1H3;1-2,7-8H,3-6H2;/b;;2-1-,8-7?;. The molecule has 4 aromatic rings. The van der Waals surface area contributed by atoms with Crippen molar-refractivity contribution in [1.29, 1.82) is 0 Å². The molecule has 3 heteroatoms. The van der Waals surface area contributed by atoms with Gasteiger partial charge in [0.1, 0.15) is 0 Å². The molecular formula is C34H38IrP2. The van der Waals surface area contributed by atoms with E-state index in [9.17, 15) is 0 Å². The molecule has 5 rings (SSSR count). The van der Waals surface area contributed by atoms with Gasteiger partial charge in [0.25, 0.3) is 0 Å². The monoisotopic (exact) mass is 701 g/mol. The van der Waals surface area contributed by atoms with Gasteiger partial charge in [-0.2, -0.15) is 0 Å². The first kappa shape index (κ1) is 31.1. The molecule has 0 nitrogen and oxygen atoms in total. The minimum atomic E-state index is -0.171. The van der Waals surface area contributed by atoms with Crippen LogP contribution < -0.4 is 21.2 Å². The van der Waals surface area contributed by atoms with Gasteiger partial charge in [-0.25, -0.2) is 0 Å². The minimum Gasteiger partial charge on any atom is -0.0882 e. The molecule has 4 aromatic carbocycles. The van der Waals surface area contributed by atoms with Crippen LogP contribution in [0.15, 0.2) is 146 Å². The second-order valence-electron chi connectivity index (χ2n) is 8.56. The molecule has 0 N–H and O–H groups in total. The van der Waals surface area contributed by atoms with E-state index in [2.05, 4.69) is 159 Å². The molecule has 1 radical (unpaired) electrons. The van der Waals surface area contributed by atoms with Crippen molar-refractivity contribution in [1.82, 2.24) is 0 Å². The van der Waals surface area contributed by atoms with E-state index in [1.807, 2.05) is 0 Å². The Kier molecular flexibility index (Phi) is 16.0. The van der Waals surface area contributed by atoms with Crippen LogP contribution in [-0.4, -0.2) is 13.3 Å². The van der Waals surface area contributed by atoms with Gasteiger partial charge in [0, 0.05) is 20.1 Å². The van der Waals surface area contributed by atoms with Gasteiger partial charge in [0.15, 0.2) is 0 Å². The molecule has 0 aromatic heterocycles. The van der Waals surface area contributed by atoms with Crippen LogP contribution >= 0.6 is 15.8 Å². The van der Waals surface area contributed by atoms with E-state index in [1.165, 1.54) is 46.9 Å². The second-order valence-corrected chi connectivity index (χ2v) is 12.9. The van der Waals surface area contributed by atoms with Crippen molar-refractivity contribution < 1.29 is 20.1 Å². The van der Waals surface area contributed by atoms with Crippen molar-refractivity contribution in [3.63, 3.8) is 0 Å². The van der Waals surface area contributed by atoms with Gasteiger partial charge in [-0.3, -0.25) is 0 Å². The fraction of sp³-hybridized carbons (Fsp3) is 0.176. The smallest absolute Gasteiger partial charge is 0 e. The third kappa shape index (κ3) is 11.9. The fourth-order valence-corrected chi connectivity index (χ4v) is 6.83. The van der Waals surface area contributed by atoms with E-state index in [-0.39, 0.29) is 35.9 Å².